The molecule has 6 nitrogen and oxygen atoms in total. The number of nitrogens with zero attached hydrogens (tertiary/aromatic N) is 1. The number of piperidine rings is 1. The van der Waals surface area contributed by atoms with Crippen molar-refractivity contribution in [1.82, 2.24) is 4.90 Å². The van der Waals surface area contributed by atoms with Crippen LogP contribution in [0.1, 0.15) is 31.2 Å². The molecule has 1 aromatic rings. The van der Waals surface area contributed by atoms with Gasteiger partial charge in [0.1, 0.15) is 0 Å². The third-order valence-electron chi connectivity index (χ3n) is 4.94. The number of hydrogen-bond acceptors (Lipinski definition) is 3. The summed E-state index contributed by atoms with van der Waals surface area (Å²) in [5.41, 5.74) is 1.95. The molecule has 0 bridgehead atoms. The molecule has 128 valence electrons. The fourth-order valence-corrected chi connectivity index (χ4v) is 3.51. The molecule has 2 N–H and O–H groups in total. The van der Waals surface area contributed by atoms with E-state index in [1.165, 1.54) is 0 Å². The summed E-state index contributed by atoms with van der Waals surface area (Å²) in [5, 5.41) is 12.0. The van der Waals surface area contributed by atoms with E-state index in [4.69, 9.17) is 5.11 Å². The van der Waals surface area contributed by atoms with Crippen molar-refractivity contribution in [1.29, 1.82) is 0 Å². The van der Waals surface area contributed by atoms with E-state index in [9.17, 15) is 14.4 Å². The number of likely N-dealkylation sites (tertiary alicyclic amines) is 1. The van der Waals surface area contributed by atoms with Gasteiger partial charge in [-0.1, -0.05) is 18.2 Å². The van der Waals surface area contributed by atoms with Crippen molar-refractivity contribution in [3.63, 3.8) is 0 Å². The summed E-state index contributed by atoms with van der Waals surface area (Å²) >= 11 is 0. The fraction of sp³-hybridized carbons (Fsp3) is 0.500. The van der Waals surface area contributed by atoms with Crippen molar-refractivity contribution in [3.05, 3.63) is 29.8 Å². The van der Waals surface area contributed by atoms with Crippen molar-refractivity contribution in [2.75, 3.05) is 18.4 Å². The number of fused-ring (bicyclic) bond motifs is 1. The topological polar surface area (TPSA) is 86.7 Å². The van der Waals surface area contributed by atoms with Crippen LogP contribution in [-0.2, 0) is 20.8 Å². The highest BCUT2D eigenvalue weighted by Gasteiger charge is 2.30. The standard InChI is InChI=1S/C18H22N2O4/c21-16(20-9-3-5-14(11-20)18(23)24)8-7-13-10-12-4-1-2-6-15(12)19-17(13)22/h1-2,4,6,13-14H,3,5,7-11H2,(H,19,22)(H,23,24)/t13?,14-/m0/s1. The highest BCUT2D eigenvalue weighted by molar-refractivity contribution is 5.96. The first-order valence-electron chi connectivity index (χ1n) is 8.44. The molecule has 0 spiro atoms. The Hall–Kier alpha value is -2.37. The largest absolute Gasteiger partial charge is 0.481 e. The number of rotatable bonds is 4. The average molecular weight is 330 g/mol. The van der Waals surface area contributed by atoms with Gasteiger partial charge in [-0.15, -0.1) is 0 Å². The minimum atomic E-state index is -0.837. The minimum Gasteiger partial charge on any atom is -0.481 e. The van der Waals surface area contributed by atoms with E-state index < -0.39 is 11.9 Å². The van der Waals surface area contributed by atoms with Crippen molar-refractivity contribution in [2.45, 2.75) is 32.1 Å². The fourth-order valence-electron chi connectivity index (χ4n) is 3.51. The Labute approximate surface area is 140 Å². The first-order valence-corrected chi connectivity index (χ1v) is 8.44. The molecule has 1 fully saturated rings. The van der Waals surface area contributed by atoms with Crippen LogP contribution in [0.3, 0.4) is 0 Å². The molecule has 3 rings (SSSR count). The maximum Gasteiger partial charge on any atom is 0.308 e. The lowest BCUT2D eigenvalue weighted by Crippen LogP contribution is -2.42. The SMILES string of the molecule is O=C1Nc2ccccc2CC1CCC(=O)N1CCC[C@H](C(=O)O)C1. The van der Waals surface area contributed by atoms with E-state index in [1.54, 1.807) is 4.90 Å². The molecule has 1 saturated heterocycles. The van der Waals surface area contributed by atoms with Crippen molar-refractivity contribution >= 4 is 23.5 Å². The molecule has 0 aliphatic carbocycles. The third kappa shape index (κ3) is 3.58. The number of anilines is 1. The zero-order valence-electron chi connectivity index (χ0n) is 13.5. The molecule has 2 aliphatic heterocycles. The second-order valence-corrected chi connectivity index (χ2v) is 6.60. The van der Waals surface area contributed by atoms with Crippen molar-refractivity contribution in [3.8, 4) is 0 Å². The van der Waals surface area contributed by atoms with E-state index in [2.05, 4.69) is 5.32 Å². The van der Waals surface area contributed by atoms with Crippen LogP contribution in [0.15, 0.2) is 24.3 Å². The zero-order chi connectivity index (χ0) is 17.1. The summed E-state index contributed by atoms with van der Waals surface area (Å²) in [7, 11) is 0. The molecule has 1 aromatic carbocycles. The van der Waals surface area contributed by atoms with Gasteiger partial charge in [0, 0.05) is 31.1 Å². The summed E-state index contributed by atoms with van der Waals surface area (Å²) in [6.07, 6.45) is 2.77. The molecule has 24 heavy (non-hydrogen) atoms. The van der Waals surface area contributed by atoms with E-state index >= 15 is 0 Å². The van der Waals surface area contributed by atoms with Gasteiger partial charge in [-0.25, -0.2) is 0 Å². The summed E-state index contributed by atoms with van der Waals surface area (Å²) < 4.78 is 0. The molecule has 0 radical (unpaired) electrons. The van der Waals surface area contributed by atoms with Gasteiger partial charge in [-0.05, 0) is 37.3 Å². The zero-order valence-corrected chi connectivity index (χ0v) is 13.5. The van der Waals surface area contributed by atoms with Gasteiger partial charge in [-0.3, -0.25) is 14.4 Å². The van der Waals surface area contributed by atoms with Crippen LogP contribution in [0, 0.1) is 11.8 Å². The van der Waals surface area contributed by atoms with Crippen LogP contribution in [0.2, 0.25) is 0 Å². The molecule has 2 aliphatic rings. The van der Waals surface area contributed by atoms with Gasteiger partial charge in [-0.2, -0.15) is 0 Å². The van der Waals surface area contributed by atoms with Crippen LogP contribution in [-0.4, -0.2) is 40.9 Å². The molecule has 0 saturated carbocycles. The van der Waals surface area contributed by atoms with Crippen LogP contribution < -0.4 is 5.32 Å². The second-order valence-electron chi connectivity index (χ2n) is 6.60. The molecule has 2 amide bonds. The van der Waals surface area contributed by atoms with Gasteiger partial charge in [0.2, 0.25) is 11.8 Å². The smallest absolute Gasteiger partial charge is 0.308 e. The Morgan fingerprint density at radius 1 is 1.29 bits per heavy atom. The third-order valence-corrected chi connectivity index (χ3v) is 4.94. The molecule has 0 aromatic heterocycles. The number of carbonyl (C=O) groups is 3. The lowest BCUT2D eigenvalue weighted by atomic mass is 9.89. The minimum absolute atomic E-state index is 0.0384. The molecular formula is C18H22N2O4. The molecular weight excluding hydrogens is 308 g/mol. The number of carboxylic acid groups (broad SMARTS) is 1. The molecule has 2 heterocycles. The Morgan fingerprint density at radius 2 is 2.08 bits per heavy atom. The number of para-hydroxylation sites is 1. The normalized spacial score (nSPS) is 23.3. The molecule has 2 atom stereocenters. The van der Waals surface area contributed by atoms with Gasteiger partial charge in [0.15, 0.2) is 0 Å². The number of carboxylic acids is 1. The van der Waals surface area contributed by atoms with Gasteiger partial charge < -0.3 is 15.3 Å². The predicted octanol–water partition coefficient (Wildman–Crippen LogP) is 1.90. The van der Waals surface area contributed by atoms with Crippen molar-refractivity contribution in [2.24, 2.45) is 11.8 Å². The number of benzene rings is 1. The van der Waals surface area contributed by atoms with E-state index in [0.29, 0.717) is 25.8 Å². The highest BCUT2D eigenvalue weighted by Crippen LogP contribution is 2.28. The summed E-state index contributed by atoms with van der Waals surface area (Å²) in [6.45, 7) is 0.899. The average Bonchev–Trinajstić information content (AvgIpc) is 2.59. The number of hydrogen-bond donors (Lipinski definition) is 2. The Morgan fingerprint density at radius 3 is 2.88 bits per heavy atom. The first-order chi connectivity index (χ1) is 11.5. The van der Waals surface area contributed by atoms with E-state index in [0.717, 1.165) is 17.7 Å². The van der Waals surface area contributed by atoms with E-state index in [1.807, 2.05) is 24.3 Å². The summed E-state index contributed by atoms with van der Waals surface area (Å²) in [6, 6.07) is 7.70. The monoisotopic (exact) mass is 330 g/mol. The van der Waals surface area contributed by atoms with Gasteiger partial charge in [0.25, 0.3) is 0 Å². The first kappa shape index (κ1) is 16.5. The summed E-state index contributed by atoms with van der Waals surface area (Å²) in [5.74, 6) is -1.59. The Bertz CT molecular complexity index is 658. The van der Waals surface area contributed by atoms with Crippen LogP contribution in [0.5, 0.6) is 0 Å². The molecule has 1 unspecified atom stereocenters. The Kier molecular flexibility index (Phi) is 4.83. The predicted molar refractivity (Wildman–Crippen MR) is 88.4 cm³/mol. The van der Waals surface area contributed by atoms with Gasteiger partial charge in [0.05, 0.1) is 5.92 Å². The van der Waals surface area contributed by atoms with E-state index in [-0.39, 0.29) is 30.7 Å². The number of carbonyl (C=O) groups excluding carboxylic acids is 2. The second kappa shape index (κ2) is 7.03. The van der Waals surface area contributed by atoms with Crippen LogP contribution >= 0.6 is 0 Å². The summed E-state index contributed by atoms with van der Waals surface area (Å²) in [4.78, 5) is 37.3. The lowest BCUT2D eigenvalue weighted by molar-refractivity contribution is -0.145. The highest BCUT2D eigenvalue weighted by atomic mass is 16.4. The van der Waals surface area contributed by atoms with Gasteiger partial charge >= 0.3 is 5.97 Å². The lowest BCUT2D eigenvalue weighted by Gasteiger charge is -2.31. The maximum atomic E-state index is 12.4. The van der Waals surface area contributed by atoms with Crippen LogP contribution in [0.4, 0.5) is 5.69 Å². The van der Waals surface area contributed by atoms with Crippen molar-refractivity contribution < 1.29 is 19.5 Å². The number of amides is 2. The Balaban J connectivity index is 1.55. The molecule has 6 heteroatoms. The maximum absolute atomic E-state index is 12.4. The number of aliphatic carboxylic acids is 1. The quantitative estimate of drug-likeness (QED) is 0.883. The number of nitrogens with one attached hydrogen (secondary N) is 1. The van der Waals surface area contributed by atoms with Crippen LogP contribution in [0.25, 0.3) is 0 Å².